The molecule has 0 saturated heterocycles. The molecule has 1 aliphatic heterocycles. The van der Waals surface area contributed by atoms with Gasteiger partial charge in [0.05, 0.1) is 21.8 Å². The van der Waals surface area contributed by atoms with E-state index in [-0.39, 0.29) is 18.1 Å². The molecule has 0 bridgehead atoms. The second-order valence-electron chi connectivity index (χ2n) is 7.14. The Balaban J connectivity index is 1.60. The Labute approximate surface area is 180 Å². The molecule has 1 aliphatic rings. The van der Waals surface area contributed by atoms with Gasteiger partial charge in [-0.15, -0.1) is 0 Å². The minimum atomic E-state index is -0.193. The molecule has 6 heteroatoms. The SMILES string of the molecule is CC1CC(Nc2ccccc2)c2ccccc2N1C(=O)Nc1ccc(Cl)c(Cl)c1. The van der Waals surface area contributed by atoms with Crippen molar-refractivity contribution in [3.63, 3.8) is 0 Å². The Morgan fingerprint density at radius 1 is 0.931 bits per heavy atom. The number of anilines is 3. The van der Waals surface area contributed by atoms with E-state index in [0.29, 0.717) is 15.7 Å². The Morgan fingerprint density at radius 3 is 2.41 bits per heavy atom. The summed E-state index contributed by atoms with van der Waals surface area (Å²) in [6, 6.07) is 23.1. The smallest absolute Gasteiger partial charge is 0.326 e. The zero-order valence-corrected chi connectivity index (χ0v) is 17.4. The van der Waals surface area contributed by atoms with Crippen LogP contribution in [0.2, 0.25) is 10.0 Å². The predicted octanol–water partition coefficient (Wildman–Crippen LogP) is 6.98. The van der Waals surface area contributed by atoms with Gasteiger partial charge in [-0.3, -0.25) is 4.90 Å². The van der Waals surface area contributed by atoms with Crippen molar-refractivity contribution in [2.24, 2.45) is 0 Å². The van der Waals surface area contributed by atoms with E-state index in [1.165, 1.54) is 0 Å². The van der Waals surface area contributed by atoms with Crippen molar-refractivity contribution in [2.75, 3.05) is 15.5 Å². The zero-order valence-electron chi connectivity index (χ0n) is 15.9. The molecule has 2 unspecified atom stereocenters. The van der Waals surface area contributed by atoms with Gasteiger partial charge in [-0.25, -0.2) is 4.79 Å². The van der Waals surface area contributed by atoms with Crippen LogP contribution >= 0.6 is 23.2 Å². The largest absolute Gasteiger partial charge is 0.378 e. The summed E-state index contributed by atoms with van der Waals surface area (Å²) < 4.78 is 0. The third kappa shape index (κ3) is 4.19. The average molecular weight is 426 g/mol. The second kappa shape index (κ2) is 8.36. The van der Waals surface area contributed by atoms with Crippen molar-refractivity contribution in [2.45, 2.75) is 25.4 Å². The molecule has 0 saturated carbocycles. The summed E-state index contributed by atoms with van der Waals surface area (Å²) in [5, 5.41) is 7.40. The molecule has 2 N–H and O–H groups in total. The van der Waals surface area contributed by atoms with Gasteiger partial charge in [-0.05, 0) is 55.3 Å². The van der Waals surface area contributed by atoms with Crippen LogP contribution in [0.15, 0.2) is 72.8 Å². The molecule has 0 fully saturated rings. The van der Waals surface area contributed by atoms with E-state index in [1.54, 1.807) is 23.1 Å². The molecule has 29 heavy (non-hydrogen) atoms. The summed E-state index contributed by atoms with van der Waals surface area (Å²) in [5.41, 5.74) is 3.67. The molecule has 0 aromatic heterocycles. The number of urea groups is 1. The van der Waals surface area contributed by atoms with Gasteiger partial charge < -0.3 is 10.6 Å². The topological polar surface area (TPSA) is 44.4 Å². The quantitative estimate of drug-likeness (QED) is 0.475. The van der Waals surface area contributed by atoms with E-state index in [4.69, 9.17) is 23.2 Å². The number of halogens is 2. The van der Waals surface area contributed by atoms with Crippen LogP contribution in [-0.2, 0) is 0 Å². The molecule has 3 aromatic carbocycles. The highest BCUT2D eigenvalue weighted by molar-refractivity contribution is 6.42. The van der Waals surface area contributed by atoms with Crippen molar-refractivity contribution in [3.05, 3.63) is 88.4 Å². The lowest BCUT2D eigenvalue weighted by atomic mass is 9.91. The fourth-order valence-electron chi connectivity index (χ4n) is 3.75. The first-order chi connectivity index (χ1) is 14.0. The number of benzene rings is 3. The van der Waals surface area contributed by atoms with E-state index >= 15 is 0 Å². The Bertz CT molecular complexity index is 1030. The highest BCUT2D eigenvalue weighted by Gasteiger charge is 2.33. The molecule has 3 aromatic rings. The number of carbonyl (C=O) groups excluding carboxylic acids is 1. The molecule has 4 rings (SSSR count). The standard InChI is InChI=1S/C23H21Cl2N3O/c1-15-13-21(26-16-7-3-2-4-8-16)18-9-5-6-10-22(18)28(15)23(29)27-17-11-12-19(24)20(25)14-17/h2-12,14-15,21,26H,13H2,1H3,(H,27,29). The number of amides is 2. The maximum atomic E-state index is 13.1. The number of fused-ring (bicyclic) bond motifs is 1. The lowest BCUT2D eigenvalue weighted by Gasteiger charge is -2.39. The molecular weight excluding hydrogens is 405 g/mol. The van der Waals surface area contributed by atoms with Crippen LogP contribution in [0.5, 0.6) is 0 Å². The maximum absolute atomic E-state index is 13.1. The molecular formula is C23H21Cl2N3O. The van der Waals surface area contributed by atoms with E-state index in [1.807, 2.05) is 36.4 Å². The zero-order chi connectivity index (χ0) is 20.4. The normalized spacial score (nSPS) is 18.1. The molecule has 4 nitrogen and oxygen atoms in total. The number of hydrogen-bond donors (Lipinski definition) is 2. The molecule has 0 aliphatic carbocycles. The van der Waals surface area contributed by atoms with Gasteiger partial charge in [0.2, 0.25) is 0 Å². The van der Waals surface area contributed by atoms with Crippen molar-refractivity contribution < 1.29 is 4.79 Å². The molecule has 148 valence electrons. The number of rotatable bonds is 3. The highest BCUT2D eigenvalue weighted by atomic mass is 35.5. The number of hydrogen-bond acceptors (Lipinski definition) is 2. The summed E-state index contributed by atoms with van der Waals surface area (Å²) in [6.45, 7) is 2.06. The van der Waals surface area contributed by atoms with Crippen molar-refractivity contribution in [1.82, 2.24) is 0 Å². The van der Waals surface area contributed by atoms with Crippen LogP contribution in [-0.4, -0.2) is 12.1 Å². The molecule has 2 amide bonds. The van der Waals surface area contributed by atoms with Gasteiger partial charge in [0, 0.05) is 17.4 Å². The Hall–Kier alpha value is -2.69. The molecule has 2 atom stereocenters. The molecule has 0 radical (unpaired) electrons. The summed E-state index contributed by atoms with van der Waals surface area (Å²) in [4.78, 5) is 14.9. The van der Waals surface area contributed by atoms with E-state index in [0.717, 1.165) is 23.4 Å². The van der Waals surface area contributed by atoms with Gasteiger partial charge in [0.1, 0.15) is 0 Å². The minimum absolute atomic E-state index is 0.00823. The van der Waals surface area contributed by atoms with Crippen molar-refractivity contribution in [1.29, 1.82) is 0 Å². The van der Waals surface area contributed by atoms with Gasteiger partial charge in [0.15, 0.2) is 0 Å². The van der Waals surface area contributed by atoms with E-state index < -0.39 is 0 Å². The summed E-state index contributed by atoms with van der Waals surface area (Å²) in [6.07, 6.45) is 0.792. The van der Waals surface area contributed by atoms with Crippen LogP contribution in [0.4, 0.5) is 21.9 Å². The minimum Gasteiger partial charge on any atom is -0.378 e. The first-order valence-electron chi connectivity index (χ1n) is 9.48. The van der Waals surface area contributed by atoms with Crippen molar-refractivity contribution >= 4 is 46.3 Å². The first kappa shape index (κ1) is 19.6. The van der Waals surface area contributed by atoms with Crippen LogP contribution in [0, 0.1) is 0 Å². The van der Waals surface area contributed by atoms with Gasteiger partial charge in [0.25, 0.3) is 0 Å². The Kier molecular flexibility index (Phi) is 5.65. The lowest BCUT2D eigenvalue weighted by molar-refractivity contribution is 0.254. The number of nitrogens with zero attached hydrogens (tertiary/aromatic N) is 1. The predicted molar refractivity (Wildman–Crippen MR) is 121 cm³/mol. The van der Waals surface area contributed by atoms with Crippen LogP contribution in [0.3, 0.4) is 0 Å². The second-order valence-corrected chi connectivity index (χ2v) is 7.95. The number of para-hydroxylation sites is 2. The first-order valence-corrected chi connectivity index (χ1v) is 10.2. The molecule has 1 heterocycles. The number of nitrogens with one attached hydrogen (secondary N) is 2. The van der Waals surface area contributed by atoms with Crippen LogP contribution in [0.25, 0.3) is 0 Å². The summed E-state index contributed by atoms with van der Waals surface area (Å²) >= 11 is 12.1. The van der Waals surface area contributed by atoms with E-state index in [9.17, 15) is 4.79 Å². The van der Waals surface area contributed by atoms with Crippen molar-refractivity contribution in [3.8, 4) is 0 Å². The highest BCUT2D eigenvalue weighted by Crippen LogP contribution is 2.39. The summed E-state index contributed by atoms with van der Waals surface area (Å²) in [7, 11) is 0. The maximum Gasteiger partial charge on any atom is 0.326 e. The van der Waals surface area contributed by atoms with E-state index in [2.05, 4.69) is 35.8 Å². The van der Waals surface area contributed by atoms with Crippen LogP contribution in [0.1, 0.15) is 24.9 Å². The number of carbonyl (C=O) groups is 1. The summed E-state index contributed by atoms with van der Waals surface area (Å²) in [5.74, 6) is 0. The Morgan fingerprint density at radius 2 is 1.66 bits per heavy atom. The van der Waals surface area contributed by atoms with Crippen LogP contribution < -0.4 is 15.5 Å². The fraction of sp³-hybridized carbons (Fsp3) is 0.174. The monoisotopic (exact) mass is 425 g/mol. The lowest BCUT2D eigenvalue weighted by Crippen LogP contribution is -2.46. The fourth-order valence-corrected chi connectivity index (χ4v) is 4.05. The van der Waals surface area contributed by atoms with Gasteiger partial charge >= 0.3 is 6.03 Å². The third-order valence-corrected chi connectivity index (χ3v) is 5.83. The third-order valence-electron chi connectivity index (χ3n) is 5.09. The van der Waals surface area contributed by atoms with Gasteiger partial charge in [-0.1, -0.05) is 59.6 Å². The average Bonchev–Trinajstić information content (AvgIpc) is 2.71. The van der Waals surface area contributed by atoms with Gasteiger partial charge in [-0.2, -0.15) is 0 Å². The molecule has 0 spiro atoms.